The van der Waals surface area contributed by atoms with Crippen LogP contribution in [0.4, 0.5) is 0 Å². The number of Topliss-reactive ketones (excluding diaryl/α,β-unsaturated/α-hetero) is 1. The summed E-state index contributed by atoms with van der Waals surface area (Å²) >= 11 is 0. The first kappa shape index (κ1) is 22.6. The topological polar surface area (TPSA) is 134 Å². The van der Waals surface area contributed by atoms with Gasteiger partial charge in [0.1, 0.15) is 18.5 Å². The molecule has 1 N–H and O–H groups in total. The maximum atomic E-state index is 11.6. The summed E-state index contributed by atoms with van der Waals surface area (Å²) < 4.78 is 21.3. The molecule has 10 nitrogen and oxygen atoms in total. The number of ketones is 1. The molecule has 0 aliphatic carbocycles. The van der Waals surface area contributed by atoms with Crippen molar-refractivity contribution in [2.75, 3.05) is 6.61 Å². The number of hydrogen-bond acceptors (Lipinski definition) is 9. The monoisotopic (exact) mass is 387 g/mol. The highest BCUT2D eigenvalue weighted by atomic mass is 16.6. The predicted octanol–water partition coefficient (Wildman–Crippen LogP) is -0.336. The maximum Gasteiger partial charge on any atom is 0.303 e. The second kappa shape index (κ2) is 10.0. The van der Waals surface area contributed by atoms with E-state index in [1.54, 1.807) is 0 Å². The molecule has 1 aliphatic rings. The number of carbonyl (C=O) groups excluding carboxylic acids is 5. The SMILES string of the molecule is CC(=O)CC1OC(COC(C)=O)C(OC(C)=O)C(OC(C)=O)C1NC(C)=O. The number of esters is 3. The van der Waals surface area contributed by atoms with Gasteiger partial charge in [0.2, 0.25) is 5.91 Å². The van der Waals surface area contributed by atoms with Gasteiger partial charge in [-0.1, -0.05) is 0 Å². The van der Waals surface area contributed by atoms with Crippen LogP contribution in [0.25, 0.3) is 0 Å². The highest BCUT2D eigenvalue weighted by molar-refractivity contribution is 5.77. The van der Waals surface area contributed by atoms with Crippen LogP contribution in [0.15, 0.2) is 0 Å². The van der Waals surface area contributed by atoms with Gasteiger partial charge in [-0.05, 0) is 6.92 Å². The smallest absolute Gasteiger partial charge is 0.303 e. The molecule has 5 unspecified atom stereocenters. The first-order valence-corrected chi connectivity index (χ1v) is 8.41. The molecule has 1 heterocycles. The third-order valence-electron chi connectivity index (χ3n) is 3.71. The van der Waals surface area contributed by atoms with Crippen LogP contribution in [0.3, 0.4) is 0 Å². The average molecular weight is 387 g/mol. The molecule has 0 radical (unpaired) electrons. The number of rotatable bonds is 7. The third kappa shape index (κ3) is 7.33. The molecule has 27 heavy (non-hydrogen) atoms. The van der Waals surface area contributed by atoms with E-state index in [1.807, 2.05) is 0 Å². The Morgan fingerprint density at radius 3 is 1.81 bits per heavy atom. The first-order chi connectivity index (χ1) is 12.5. The van der Waals surface area contributed by atoms with E-state index in [-0.39, 0.29) is 18.8 Å². The Kier molecular flexibility index (Phi) is 8.35. The van der Waals surface area contributed by atoms with E-state index in [0.717, 1.165) is 13.8 Å². The van der Waals surface area contributed by atoms with Crippen molar-refractivity contribution in [2.24, 2.45) is 0 Å². The lowest BCUT2D eigenvalue weighted by Crippen LogP contribution is -2.66. The van der Waals surface area contributed by atoms with Crippen molar-refractivity contribution in [2.45, 2.75) is 71.5 Å². The van der Waals surface area contributed by atoms with Crippen LogP contribution < -0.4 is 5.32 Å². The molecule has 1 saturated heterocycles. The molecule has 1 fully saturated rings. The fourth-order valence-corrected chi connectivity index (χ4v) is 2.88. The van der Waals surface area contributed by atoms with E-state index in [0.29, 0.717) is 0 Å². The molecule has 0 saturated carbocycles. The van der Waals surface area contributed by atoms with Gasteiger partial charge in [-0.3, -0.25) is 24.0 Å². The molecule has 0 aromatic rings. The van der Waals surface area contributed by atoms with E-state index < -0.39 is 54.3 Å². The molecular weight excluding hydrogens is 362 g/mol. The standard InChI is InChI=1S/C17H25NO9/c1-8(19)6-13-15(18-9(2)20)17(26-12(5)23)16(25-11(4)22)14(27-13)7-24-10(3)21/h13-17H,6-7H2,1-5H3,(H,18,20). The van der Waals surface area contributed by atoms with Crippen molar-refractivity contribution in [3.63, 3.8) is 0 Å². The number of nitrogens with one attached hydrogen (secondary N) is 1. The van der Waals surface area contributed by atoms with Crippen molar-refractivity contribution in [1.82, 2.24) is 5.32 Å². The molecule has 1 aliphatic heterocycles. The summed E-state index contributed by atoms with van der Waals surface area (Å²) in [6, 6.07) is -0.937. The minimum atomic E-state index is -1.15. The Morgan fingerprint density at radius 1 is 0.815 bits per heavy atom. The Balaban J connectivity index is 3.29. The maximum absolute atomic E-state index is 11.6. The zero-order chi connectivity index (χ0) is 20.7. The minimum absolute atomic E-state index is 0.0912. The molecule has 152 valence electrons. The normalized spacial score (nSPS) is 27.2. The van der Waals surface area contributed by atoms with Crippen molar-refractivity contribution in [1.29, 1.82) is 0 Å². The van der Waals surface area contributed by atoms with Crippen molar-refractivity contribution < 1.29 is 42.9 Å². The Hall–Kier alpha value is -2.49. The fourth-order valence-electron chi connectivity index (χ4n) is 2.88. The summed E-state index contributed by atoms with van der Waals surface area (Å²) in [5.74, 6) is -2.62. The molecule has 5 atom stereocenters. The Morgan fingerprint density at radius 2 is 1.37 bits per heavy atom. The first-order valence-electron chi connectivity index (χ1n) is 8.41. The number of ether oxygens (including phenoxy) is 4. The molecular formula is C17H25NO9. The highest BCUT2D eigenvalue weighted by Gasteiger charge is 2.50. The molecule has 0 aromatic heterocycles. The molecule has 0 spiro atoms. The van der Waals surface area contributed by atoms with Gasteiger partial charge in [0.05, 0.1) is 12.1 Å². The number of hydrogen-bond donors (Lipinski definition) is 1. The van der Waals surface area contributed by atoms with Crippen LogP contribution in [0.5, 0.6) is 0 Å². The summed E-state index contributed by atoms with van der Waals surface area (Å²) in [5, 5.41) is 2.59. The van der Waals surface area contributed by atoms with E-state index >= 15 is 0 Å². The van der Waals surface area contributed by atoms with Gasteiger partial charge < -0.3 is 24.3 Å². The van der Waals surface area contributed by atoms with Crippen LogP contribution >= 0.6 is 0 Å². The van der Waals surface area contributed by atoms with Gasteiger partial charge in [0.15, 0.2) is 12.2 Å². The lowest BCUT2D eigenvalue weighted by molar-refractivity contribution is -0.224. The van der Waals surface area contributed by atoms with E-state index in [4.69, 9.17) is 18.9 Å². The molecule has 0 bridgehead atoms. The van der Waals surface area contributed by atoms with Crippen LogP contribution in [0.2, 0.25) is 0 Å². The zero-order valence-electron chi connectivity index (χ0n) is 16.0. The molecule has 0 aromatic carbocycles. The number of carbonyl (C=O) groups is 5. The quantitative estimate of drug-likeness (QED) is 0.460. The van der Waals surface area contributed by atoms with Gasteiger partial charge in [-0.15, -0.1) is 0 Å². The molecule has 10 heteroatoms. The van der Waals surface area contributed by atoms with Crippen molar-refractivity contribution in [3.8, 4) is 0 Å². The van der Waals surface area contributed by atoms with E-state index in [2.05, 4.69) is 5.32 Å². The lowest BCUT2D eigenvalue weighted by Gasteiger charge is -2.45. The Bertz CT molecular complexity index is 603. The van der Waals surface area contributed by atoms with Gasteiger partial charge in [-0.25, -0.2) is 0 Å². The second-order valence-electron chi connectivity index (χ2n) is 6.30. The average Bonchev–Trinajstić information content (AvgIpc) is 2.49. The van der Waals surface area contributed by atoms with Crippen LogP contribution in [0.1, 0.15) is 41.0 Å². The number of amides is 1. The van der Waals surface area contributed by atoms with Gasteiger partial charge in [0.25, 0.3) is 0 Å². The van der Waals surface area contributed by atoms with Gasteiger partial charge in [-0.2, -0.15) is 0 Å². The Labute approximate surface area is 156 Å². The van der Waals surface area contributed by atoms with E-state index in [1.165, 1.54) is 20.8 Å². The van der Waals surface area contributed by atoms with Crippen LogP contribution in [0, 0.1) is 0 Å². The second-order valence-corrected chi connectivity index (χ2v) is 6.30. The molecule has 1 rings (SSSR count). The largest absolute Gasteiger partial charge is 0.463 e. The van der Waals surface area contributed by atoms with Crippen LogP contribution in [-0.2, 0) is 42.9 Å². The molecule has 1 amide bonds. The summed E-state index contributed by atoms with van der Waals surface area (Å²) in [6.07, 6.45) is -4.23. The van der Waals surface area contributed by atoms with Gasteiger partial charge in [0, 0.05) is 34.1 Å². The van der Waals surface area contributed by atoms with Crippen molar-refractivity contribution in [3.05, 3.63) is 0 Å². The van der Waals surface area contributed by atoms with Crippen molar-refractivity contribution >= 4 is 29.6 Å². The minimum Gasteiger partial charge on any atom is -0.463 e. The zero-order valence-corrected chi connectivity index (χ0v) is 16.0. The van der Waals surface area contributed by atoms with Crippen LogP contribution in [-0.4, -0.2) is 66.7 Å². The summed E-state index contributed by atoms with van der Waals surface area (Å²) in [6.45, 7) is 5.82. The van der Waals surface area contributed by atoms with Gasteiger partial charge >= 0.3 is 17.9 Å². The summed E-state index contributed by atoms with van der Waals surface area (Å²) in [4.78, 5) is 57.6. The lowest BCUT2D eigenvalue weighted by atomic mass is 9.89. The fraction of sp³-hybridized carbons (Fsp3) is 0.706. The predicted molar refractivity (Wildman–Crippen MR) is 89.3 cm³/mol. The third-order valence-corrected chi connectivity index (χ3v) is 3.71. The highest BCUT2D eigenvalue weighted by Crippen LogP contribution is 2.28. The summed E-state index contributed by atoms with van der Waals surface area (Å²) in [5.41, 5.74) is 0. The summed E-state index contributed by atoms with van der Waals surface area (Å²) in [7, 11) is 0. The van der Waals surface area contributed by atoms with E-state index in [9.17, 15) is 24.0 Å².